The van der Waals surface area contributed by atoms with Gasteiger partial charge in [-0.3, -0.25) is 0 Å². The van der Waals surface area contributed by atoms with Crippen molar-refractivity contribution >= 4 is 11.6 Å². The summed E-state index contributed by atoms with van der Waals surface area (Å²) >= 11 is 6.01. The summed E-state index contributed by atoms with van der Waals surface area (Å²) in [5.41, 5.74) is 9.81. The van der Waals surface area contributed by atoms with Gasteiger partial charge in [-0.25, -0.2) is 0 Å². The van der Waals surface area contributed by atoms with Crippen LogP contribution in [0.1, 0.15) is 22.7 Å². The molecule has 0 bridgehead atoms. The third kappa shape index (κ3) is 3.09. The Morgan fingerprint density at radius 2 is 1.82 bits per heavy atom. The third-order valence-corrected chi connectivity index (χ3v) is 3.17. The lowest BCUT2D eigenvalue weighted by molar-refractivity contribution is 0.717. The molecule has 17 heavy (non-hydrogen) atoms. The summed E-state index contributed by atoms with van der Waals surface area (Å²) in [5.74, 6) is 0. The lowest BCUT2D eigenvalue weighted by Gasteiger charge is -2.15. The molecule has 2 aromatic rings. The molecule has 2 N–H and O–H groups in total. The van der Waals surface area contributed by atoms with Crippen LogP contribution in [0.2, 0.25) is 5.02 Å². The molecule has 2 aromatic carbocycles. The highest BCUT2D eigenvalue weighted by molar-refractivity contribution is 6.30. The highest BCUT2D eigenvalue weighted by atomic mass is 35.5. The van der Waals surface area contributed by atoms with Gasteiger partial charge in [0.15, 0.2) is 0 Å². The topological polar surface area (TPSA) is 26.0 Å². The van der Waals surface area contributed by atoms with Crippen LogP contribution in [0.25, 0.3) is 0 Å². The van der Waals surface area contributed by atoms with Gasteiger partial charge >= 0.3 is 0 Å². The summed E-state index contributed by atoms with van der Waals surface area (Å²) in [4.78, 5) is 0. The molecular weight excluding hydrogens is 230 g/mol. The van der Waals surface area contributed by atoms with Crippen molar-refractivity contribution in [2.45, 2.75) is 19.4 Å². The summed E-state index contributed by atoms with van der Waals surface area (Å²) in [5, 5.41) is 0.745. The predicted octanol–water partition coefficient (Wildman–Crippen LogP) is 3.89. The lowest BCUT2D eigenvalue weighted by atomic mass is 9.96. The molecule has 1 nitrogen and oxygen atoms in total. The van der Waals surface area contributed by atoms with E-state index < -0.39 is 0 Å². The van der Waals surface area contributed by atoms with Gasteiger partial charge in [0.2, 0.25) is 0 Å². The van der Waals surface area contributed by atoms with Crippen LogP contribution < -0.4 is 5.73 Å². The van der Waals surface area contributed by atoms with E-state index in [2.05, 4.69) is 19.1 Å². The van der Waals surface area contributed by atoms with E-state index in [1.54, 1.807) is 0 Å². The van der Waals surface area contributed by atoms with Crippen molar-refractivity contribution in [1.29, 1.82) is 0 Å². The summed E-state index contributed by atoms with van der Waals surface area (Å²) in [6, 6.07) is 16.2. The number of hydrogen-bond acceptors (Lipinski definition) is 1. The molecule has 1 atom stereocenters. The summed E-state index contributed by atoms with van der Waals surface area (Å²) in [6.07, 6.45) is 0.835. The first-order chi connectivity index (χ1) is 8.16. The minimum Gasteiger partial charge on any atom is -0.324 e. The largest absolute Gasteiger partial charge is 0.324 e. The number of halogens is 1. The SMILES string of the molecule is Cc1ccc(Cl)cc1C(N)Cc1ccccc1. The van der Waals surface area contributed by atoms with Crippen molar-refractivity contribution in [3.63, 3.8) is 0 Å². The normalized spacial score (nSPS) is 12.4. The van der Waals surface area contributed by atoms with Crippen LogP contribution in [0.15, 0.2) is 48.5 Å². The van der Waals surface area contributed by atoms with Gasteiger partial charge in [-0.2, -0.15) is 0 Å². The van der Waals surface area contributed by atoms with E-state index >= 15 is 0 Å². The molecule has 0 heterocycles. The molecule has 1 unspecified atom stereocenters. The monoisotopic (exact) mass is 245 g/mol. The molecule has 88 valence electrons. The minimum atomic E-state index is -0.00361. The van der Waals surface area contributed by atoms with Gasteiger partial charge in [0.25, 0.3) is 0 Å². The second-order valence-corrected chi connectivity index (χ2v) is 4.73. The van der Waals surface area contributed by atoms with Crippen molar-refractivity contribution < 1.29 is 0 Å². The molecule has 2 heteroatoms. The van der Waals surface area contributed by atoms with Crippen molar-refractivity contribution in [2.24, 2.45) is 5.73 Å². The molecular formula is C15H16ClN. The van der Waals surface area contributed by atoms with Gasteiger partial charge in [0, 0.05) is 11.1 Å². The average Bonchev–Trinajstić information content (AvgIpc) is 2.33. The fraction of sp³-hybridized carbons (Fsp3) is 0.200. The van der Waals surface area contributed by atoms with Crippen LogP contribution in [-0.4, -0.2) is 0 Å². The fourth-order valence-electron chi connectivity index (χ4n) is 1.99. The van der Waals surface area contributed by atoms with E-state index in [9.17, 15) is 0 Å². The molecule has 0 radical (unpaired) electrons. The highest BCUT2D eigenvalue weighted by Crippen LogP contribution is 2.23. The van der Waals surface area contributed by atoms with Gasteiger partial charge in [-0.1, -0.05) is 48.0 Å². The summed E-state index contributed by atoms with van der Waals surface area (Å²) in [7, 11) is 0. The molecule has 0 saturated heterocycles. The van der Waals surface area contributed by atoms with E-state index in [1.165, 1.54) is 11.1 Å². The van der Waals surface area contributed by atoms with Gasteiger partial charge in [-0.05, 0) is 42.2 Å². The first kappa shape index (κ1) is 12.2. The maximum Gasteiger partial charge on any atom is 0.0409 e. The Labute approximate surface area is 107 Å². The van der Waals surface area contributed by atoms with Gasteiger partial charge in [-0.15, -0.1) is 0 Å². The van der Waals surface area contributed by atoms with E-state index in [0.29, 0.717) is 0 Å². The molecule has 2 rings (SSSR count). The maximum absolute atomic E-state index is 6.24. The Hall–Kier alpha value is -1.31. The molecule has 0 saturated carbocycles. The number of nitrogens with two attached hydrogens (primary N) is 1. The van der Waals surface area contributed by atoms with E-state index in [1.807, 2.05) is 36.4 Å². The summed E-state index contributed by atoms with van der Waals surface area (Å²) in [6.45, 7) is 2.07. The smallest absolute Gasteiger partial charge is 0.0409 e. The molecule has 0 aliphatic carbocycles. The molecule has 0 aromatic heterocycles. The number of hydrogen-bond donors (Lipinski definition) is 1. The van der Waals surface area contributed by atoms with Crippen LogP contribution in [0.5, 0.6) is 0 Å². The third-order valence-electron chi connectivity index (χ3n) is 2.94. The van der Waals surface area contributed by atoms with Crippen molar-refractivity contribution in [2.75, 3.05) is 0 Å². The Morgan fingerprint density at radius 3 is 2.53 bits per heavy atom. The second kappa shape index (κ2) is 5.35. The zero-order valence-corrected chi connectivity index (χ0v) is 10.6. The van der Waals surface area contributed by atoms with Crippen LogP contribution in [-0.2, 0) is 6.42 Å². The molecule has 0 spiro atoms. The first-order valence-electron chi connectivity index (χ1n) is 5.72. The van der Waals surface area contributed by atoms with E-state index in [0.717, 1.165) is 17.0 Å². The van der Waals surface area contributed by atoms with Gasteiger partial charge < -0.3 is 5.73 Å². The number of aryl methyl sites for hydroxylation is 1. The average molecular weight is 246 g/mol. The Bertz CT molecular complexity index is 494. The van der Waals surface area contributed by atoms with E-state index in [-0.39, 0.29) is 6.04 Å². The zero-order chi connectivity index (χ0) is 12.3. The Kier molecular flexibility index (Phi) is 3.82. The van der Waals surface area contributed by atoms with Crippen molar-refractivity contribution in [3.05, 3.63) is 70.2 Å². The van der Waals surface area contributed by atoms with Crippen LogP contribution in [0.4, 0.5) is 0 Å². The molecule has 0 fully saturated rings. The van der Waals surface area contributed by atoms with Crippen LogP contribution in [0.3, 0.4) is 0 Å². The Balaban J connectivity index is 2.20. The zero-order valence-electron chi connectivity index (χ0n) is 9.86. The van der Waals surface area contributed by atoms with Crippen molar-refractivity contribution in [3.8, 4) is 0 Å². The Morgan fingerprint density at radius 1 is 1.12 bits per heavy atom. The van der Waals surface area contributed by atoms with Gasteiger partial charge in [0.05, 0.1) is 0 Å². The molecule has 0 amide bonds. The number of rotatable bonds is 3. The van der Waals surface area contributed by atoms with Crippen LogP contribution >= 0.6 is 11.6 Å². The maximum atomic E-state index is 6.24. The fourth-order valence-corrected chi connectivity index (χ4v) is 2.17. The van der Waals surface area contributed by atoms with Gasteiger partial charge in [0.1, 0.15) is 0 Å². The van der Waals surface area contributed by atoms with Crippen LogP contribution in [0, 0.1) is 6.92 Å². The molecule has 0 aliphatic rings. The first-order valence-corrected chi connectivity index (χ1v) is 6.10. The minimum absolute atomic E-state index is 0.00361. The van der Waals surface area contributed by atoms with Crippen molar-refractivity contribution in [1.82, 2.24) is 0 Å². The molecule has 0 aliphatic heterocycles. The quantitative estimate of drug-likeness (QED) is 0.872. The van der Waals surface area contributed by atoms with E-state index in [4.69, 9.17) is 17.3 Å². The second-order valence-electron chi connectivity index (χ2n) is 4.30. The highest BCUT2D eigenvalue weighted by Gasteiger charge is 2.10. The number of benzene rings is 2. The summed E-state index contributed by atoms with van der Waals surface area (Å²) < 4.78 is 0. The lowest BCUT2D eigenvalue weighted by Crippen LogP contribution is -2.14. The standard InChI is InChI=1S/C15H16ClN/c1-11-7-8-13(16)10-14(11)15(17)9-12-5-3-2-4-6-12/h2-8,10,15H,9,17H2,1H3. The predicted molar refractivity (Wildman–Crippen MR) is 73.3 cm³/mol.